The van der Waals surface area contributed by atoms with Crippen LogP contribution in [-0.2, 0) is 31.6 Å². The van der Waals surface area contributed by atoms with Gasteiger partial charge in [-0.15, -0.1) is 33.7 Å². The molecule has 3 heteroatoms. The molecule has 0 amide bonds. The molecule has 1 atom stereocenters. The first kappa shape index (κ1) is 32.4. The summed E-state index contributed by atoms with van der Waals surface area (Å²) in [5, 5.41) is 2.63. The first-order valence-electron chi connectivity index (χ1n) is 12.4. The number of halogens is 2. The van der Waals surface area contributed by atoms with Gasteiger partial charge in [0.2, 0.25) is 0 Å². The number of benzene rings is 1. The van der Waals surface area contributed by atoms with E-state index >= 15 is 0 Å². The van der Waals surface area contributed by atoms with Crippen LogP contribution >= 0.6 is 0 Å². The molecule has 0 spiro atoms. The van der Waals surface area contributed by atoms with Crippen LogP contribution < -0.4 is 35.3 Å². The molecule has 0 saturated carbocycles. The van der Waals surface area contributed by atoms with Gasteiger partial charge in [-0.05, 0) is 34.5 Å². The molecule has 0 aliphatic heterocycles. The van der Waals surface area contributed by atoms with Gasteiger partial charge in [-0.1, -0.05) is 128 Å². The van der Waals surface area contributed by atoms with E-state index < -0.39 is 0 Å². The third kappa shape index (κ3) is 5.22. The van der Waals surface area contributed by atoms with E-state index in [4.69, 9.17) is 0 Å². The fraction of sp³-hybridized carbons (Fsp3) is 0.500. The van der Waals surface area contributed by atoms with Crippen molar-refractivity contribution in [3.05, 3.63) is 80.8 Å². The molecule has 1 radical (unpaired) electrons. The van der Waals surface area contributed by atoms with Crippen LogP contribution in [0.3, 0.4) is 0 Å². The Hall–Kier alpha value is -0.617. The van der Waals surface area contributed by atoms with Crippen LogP contribution in [0.2, 0.25) is 0 Å². The van der Waals surface area contributed by atoms with Gasteiger partial charge in [0, 0.05) is 0 Å². The molecular formula is C32H41Cl2Zr. The van der Waals surface area contributed by atoms with Gasteiger partial charge in [-0.2, -0.15) is 0 Å². The van der Waals surface area contributed by atoms with Crippen molar-refractivity contribution in [2.75, 3.05) is 0 Å². The van der Waals surface area contributed by atoms with Gasteiger partial charge in [0.15, 0.2) is 0 Å². The summed E-state index contributed by atoms with van der Waals surface area (Å²) in [6.07, 6.45) is 14.6. The van der Waals surface area contributed by atoms with E-state index in [0.29, 0.717) is 11.8 Å². The van der Waals surface area contributed by atoms with E-state index in [1.807, 2.05) is 0 Å². The average Bonchev–Trinajstić information content (AvgIpc) is 3.31. The summed E-state index contributed by atoms with van der Waals surface area (Å²) < 4.78 is 0. The number of rotatable bonds is 3. The van der Waals surface area contributed by atoms with Crippen LogP contribution in [0.4, 0.5) is 0 Å². The van der Waals surface area contributed by atoms with Crippen molar-refractivity contribution in [3.63, 3.8) is 0 Å². The van der Waals surface area contributed by atoms with Crippen LogP contribution in [-0.4, -0.2) is 0 Å². The number of fused-ring (bicyclic) bond motifs is 2. The van der Waals surface area contributed by atoms with E-state index in [1.54, 1.807) is 0 Å². The second-order valence-corrected chi connectivity index (χ2v) is 12.6. The molecule has 1 aromatic rings. The van der Waals surface area contributed by atoms with Gasteiger partial charge in [0.25, 0.3) is 0 Å². The third-order valence-electron chi connectivity index (χ3n) is 7.87. The molecule has 0 fully saturated rings. The predicted molar refractivity (Wildman–Crippen MR) is 140 cm³/mol. The molecule has 0 N–H and O–H groups in total. The molecule has 0 nitrogen and oxygen atoms in total. The SMILES string of the molecule is CC(C)C1=CC(C(C)C)(C(C)(C)C)C(C2=CC=CC2)=C2[C-]=c3cc(C(C)(C)C)ccc3=C12.[Cl-].[Cl-].[Zr+3]. The Bertz CT molecular complexity index is 1210. The standard InChI is InChI=1S/C32H41.2ClH.Zr/c1-20(2)27-19-32(21(3)4,31(8,9)10)29(22-13-11-12-14-22)26-18-23-17-24(30(5,6)7)15-16-25(23)28(26)27;;;/h11-13,15-17,19-21H,14H2,1-10H3;2*1H;/q-1;;;+3/p-2. The summed E-state index contributed by atoms with van der Waals surface area (Å²) in [5.41, 5.74) is 8.83. The Labute approximate surface area is 245 Å². The van der Waals surface area contributed by atoms with Crippen LogP contribution in [0.15, 0.2) is 64.8 Å². The fourth-order valence-electron chi connectivity index (χ4n) is 6.17. The van der Waals surface area contributed by atoms with E-state index in [9.17, 15) is 0 Å². The number of hydrogen-bond acceptors (Lipinski definition) is 0. The first-order chi connectivity index (χ1) is 14.8. The molecule has 1 unspecified atom stereocenters. The summed E-state index contributed by atoms with van der Waals surface area (Å²) in [4.78, 5) is 0. The molecule has 35 heavy (non-hydrogen) atoms. The van der Waals surface area contributed by atoms with Crippen LogP contribution in [0.1, 0.15) is 81.2 Å². The Morgan fingerprint density at radius 1 is 0.943 bits per heavy atom. The van der Waals surface area contributed by atoms with E-state index in [0.717, 1.165) is 6.42 Å². The van der Waals surface area contributed by atoms with Gasteiger partial charge in [-0.3, -0.25) is 0 Å². The van der Waals surface area contributed by atoms with Crippen LogP contribution in [0.25, 0.3) is 11.6 Å². The summed E-state index contributed by atoms with van der Waals surface area (Å²) in [7, 11) is 0. The molecule has 1 aromatic carbocycles. The minimum absolute atomic E-state index is 0. The van der Waals surface area contributed by atoms with Crippen molar-refractivity contribution in [2.24, 2.45) is 22.7 Å². The Balaban J connectivity index is 0.00000204. The fourth-order valence-corrected chi connectivity index (χ4v) is 6.17. The maximum absolute atomic E-state index is 3.98. The molecule has 0 saturated heterocycles. The normalized spacial score (nSPS) is 21.0. The maximum atomic E-state index is 3.98. The van der Waals surface area contributed by atoms with Gasteiger partial charge in [0.1, 0.15) is 0 Å². The zero-order chi connectivity index (χ0) is 23.6. The van der Waals surface area contributed by atoms with E-state index in [2.05, 4.69) is 118 Å². The Morgan fingerprint density at radius 3 is 2.03 bits per heavy atom. The largest absolute Gasteiger partial charge is 3.00 e. The van der Waals surface area contributed by atoms with Crippen LogP contribution in [0, 0.1) is 22.7 Å². The molecule has 3 aliphatic carbocycles. The predicted octanol–water partition coefficient (Wildman–Crippen LogP) is 1.28. The molecule has 3 aliphatic rings. The van der Waals surface area contributed by atoms with E-state index in [-0.39, 0.29) is 67.3 Å². The molecule has 0 bridgehead atoms. The molecular weight excluding hydrogens is 546 g/mol. The summed E-state index contributed by atoms with van der Waals surface area (Å²) in [5.74, 6) is 0.949. The minimum Gasteiger partial charge on any atom is -1.00 e. The second-order valence-electron chi connectivity index (χ2n) is 12.6. The van der Waals surface area contributed by atoms with Crippen molar-refractivity contribution in [2.45, 2.75) is 81.1 Å². The topological polar surface area (TPSA) is 0 Å². The van der Waals surface area contributed by atoms with Gasteiger partial charge in [-0.25, -0.2) is 0 Å². The summed E-state index contributed by atoms with van der Waals surface area (Å²) in [6.45, 7) is 23.7. The van der Waals surface area contributed by atoms with Crippen molar-refractivity contribution < 1.29 is 51.0 Å². The summed E-state index contributed by atoms with van der Waals surface area (Å²) >= 11 is 0. The second kappa shape index (κ2) is 11.0. The third-order valence-corrected chi connectivity index (χ3v) is 7.87. The van der Waals surface area contributed by atoms with Crippen molar-refractivity contribution in [3.8, 4) is 0 Å². The molecule has 187 valence electrons. The number of allylic oxidation sites excluding steroid dienone is 8. The van der Waals surface area contributed by atoms with Gasteiger partial charge in [0.05, 0.1) is 0 Å². The average molecular weight is 588 g/mol. The molecule has 4 rings (SSSR count). The molecule has 0 heterocycles. The zero-order valence-electron chi connectivity index (χ0n) is 23.2. The summed E-state index contributed by atoms with van der Waals surface area (Å²) in [6, 6.07) is 7.08. The van der Waals surface area contributed by atoms with Gasteiger partial charge < -0.3 is 24.8 Å². The molecule has 0 aromatic heterocycles. The maximum Gasteiger partial charge on any atom is 3.00 e. The zero-order valence-corrected chi connectivity index (χ0v) is 27.1. The smallest absolute Gasteiger partial charge is 1.00 e. The van der Waals surface area contributed by atoms with E-state index in [1.165, 1.54) is 43.9 Å². The Morgan fingerprint density at radius 2 is 1.57 bits per heavy atom. The van der Waals surface area contributed by atoms with Crippen molar-refractivity contribution in [1.29, 1.82) is 0 Å². The first-order valence-corrected chi connectivity index (χ1v) is 12.4. The number of hydrogen-bond donors (Lipinski definition) is 0. The Kier molecular flexibility index (Phi) is 10.2. The van der Waals surface area contributed by atoms with Crippen molar-refractivity contribution >= 4 is 11.6 Å². The quantitative estimate of drug-likeness (QED) is 0.468. The van der Waals surface area contributed by atoms with Gasteiger partial charge >= 0.3 is 26.2 Å². The van der Waals surface area contributed by atoms with Crippen LogP contribution in [0.5, 0.6) is 0 Å². The van der Waals surface area contributed by atoms with Crippen molar-refractivity contribution in [1.82, 2.24) is 0 Å². The minimum atomic E-state index is -0.0365. The monoisotopic (exact) mass is 585 g/mol.